The van der Waals surface area contributed by atoms with Gasteiger partial charge in [0, 0.05) is 6.07 Å². The van der Waals surface area contributed by atoms with Crippen LogP contribution in [0.15, 0.2) is 72.8 Å². The Morgan fingerprint density at radius 3 is 2.37 bits per heavy atom. The van der Waals surface area contributed by atoms with Crippen LogP contribution in [0.5, 0.6) is 5.75 Å². The largest absolute Gasteiger partial charge is 0.489 e. The van der Waals surface area contributed by atoms with Gasteiger partial charge in [-0.1, -0.05) is 30.3 Å². The van der Waals surface area contributed by atoms with Gasteiger partial charge in [0.05, 0.1) is 11.3 Å². The van der Waals surface area contributed by atoms with E-state index >= 15 is 0 Å². The summed E-state index contributed by atoms with van der Waals surface area (Å²) in [5.41, 5.74) is 0.767. The van der Waals surface area contributed by atoms with Crippen molar-refractivity contribution < 1.29 is 27.8 Å². The molecule has 0 unspecified atom stereocenters. The third kappa shape index (κ3) is 5.64. The first-order valence-electron chi connectivity index (χ1n) is 9.16. The molecule has 0 aliphatic carbocycles. The van der Waals surface area contributed by atoms with Crippen LogP contribution < -0.4 is 10.1 Å². The number of amides is 1. The van der Waals surface area contributed by atoms with Crippen LogP contribution in [0.2, 0.25) is 0 Å². The first-order valence-corrected chi connectivity index (χ1v) is 9.16. The van der Waals surface area contributed by atoms with E-state index in [1.807, 2.05) is 30.3 Å². The molecule has 0 aliphatic heterocycles. The summed E-state index contributed by atoms with van der Waals surface area (Å²) in [6, 6.07) is 18.5. The van der Waals surface area contributed by atoms with E-state index in [0.717, 1.165) is 29.5 Å². The average molecular weight is 411 g/mol. The highest BCUT2D eigenvalue weighted by molar-refractivity contribution is 5.97. The summed E-state index contributed by atoms with van der Waals surface area (Å²) in [6.07, 6.45) is -1.21. The molecule has 1 amide bonds. The highest BCUT2D eigenvalue weighted by atomic mass is 19.1. The molecule has 0 saturated carbocycles. The number of halogens is 2. The lowest BCUT2D eigenvalue weighted by Gasteiger charge is -2.14. The van der Waals surface area contributed by atoms with Crippen molar-refractivity contribution in [3.05, 3.63) is 95.6 Å². The topological polar surface area (TPSA) is 64.6 Å². The fraction of sp³-hybridized carbons (Fsp3) is 0.130. The van der Waals surface area contributed by atoms with Crippen molar-refractivity contribution in [2.75, 3.05) is 5.32 Å². The standard InChI is InChI=1S/C23H19F2NO4/c1-15(22(27)26-21-13-18(24)11-12-20(21)25)30-23(28)17-9-7-16(8-10-17)14-29-19-5-3-2-4-6-19/h2-13,15H,14H2,1H3,(H,26,27)/t15-/m1/s1. The Labute approximate surface area is 172 Å². The van der Waals surface area contributed by atoms with Crippen LogP contribution in [0, 0.1) is 11.6 Å². The van der Waals surface area contributed by atoms with Crippen LogP contribution in [0.4, 0.5) is 14.5 Å². The molecule has 0 aromatic heterocycles. The predicted molar refractivity (Wildman–Crippen MR) is 107 cm³/mol. The van der Waals surface area contributed by atoms with Crippen LogP contribution in [-0.2, 0) is 16.1 Å². The number of benzene rings is 3. The smallest absolute Gasteiger partial charge is 0.338 e. The molecule has 0 saturated heterocycles. The van der Waals surface area contributed by atoms with Crippen LogP contribution in [0.25, 0.3) is 0 Å². The van der Waals surface area contributed by atoms with Crippen molar-refractivity contribution >= 4 is 17.6 Å². The van der Waals surface area contributed by atoms with Gasteiger partial charge in [-0.25, -0.2) is 13.6 Å². The van der Waals surface area contributed by atoms with E-state index < -0.39 is 29.6 Å². The summed E-state index contributed by atoms with van der Waals surface area (Å²) >= 11 is 0. The fourth-order valence-electron chi connectivity index (χ4n) is 2.53. The summed E-state index contributed by atoms with van der Waals surface area (Å²) in [6.45, 7) is 1.67. The number of rotatable bonds is 7. The lowest BCUT2D eigenvalue weighted by Crippen LogP contribution is -2.30. The van der Waals surface area contributed by atoms with Crippen molar-refractivity contribution in [2.45, 2.75) is 19.6 Å². The molecule has 1 N–H and O–H groups in total. The zero-order valence-electron chi connectivity index (χ0n) is 16.1. The van der Waals surface area contributed by atoms with Crippen molar-refractivity contribution in [1.29, 1.82) is 0 Å². The molecule has 3 aromatic carbocycles. The van der Waals surface area contributed by atoms with Crippen molar-refractivity contribution in [3.8, 4) is 5.75 Å². The maximum absolute atomic E-state index is 13.6. The molecule has 0 bridgehead atoms. The summed E-state index contributed by atoms with van der Waals surface area (Å²) in [7, 11) is 0. The van der Waals surface area contributed by atoms with E-state index in [0.29, 0.717) is 6.61 Å². The summed E-state index contributed by atoms with van der Waals surface area (Å²) < 4.78 is 37.6. The van der Waals surface area contributed by atoms with Gasteiger partial charge in [-0.3, -0.25) is 4.79 Å². The second kappa shape index (κ2) is 9.65. The van der Waals surface area contributed by atoms with E-state index in [9.17, 15) is 18.4 Å². The third-order valence-corrected chi connectivity index (χ3v) is 4.18. The number of anilines is 1. The second-order valence-corrected chi connectivity index (χ2v) is 6.46. The maximum Gasteiger partial charge on any atom is 0.338 e. The minimum absolute atomic E-state index is 0.245. The number of carbonyl (C=O) groups excluding carboxylic acids is 2. The highest BCUT2D eigenvalue weighted by Gasteiger charge is 2.20. The van der Waals surface area contributed by atoms with Gasteiger partial charge in [-0.2, -0.15) is 0 Å². The lowest BCUT2D eigenvalue weighted by atomic mass is 10.1. The van der Waals surface area contributed by atoms with E-state index in [-0.39, 0.29) is 11.3 Å². The van der Waals surface area contributed by atoms with E-state index in [4.69, 9.17) is 9.47 Å². The van der Waals surface area contributed by atoms with Gasteiger partial charge in [-0.05, 0) is 48.9 Å². The summed E-state index contributed by atoms with van der Waals surface area (Å²) in [5, 5.41) is 2.20. The van der Waals surface area contributed by atoms with Gasteiger partial charge in [0.1, 0.15) is 24.0 Å². The minimum Gasteiger partial charge on any atom is -0.489 e. The van der Waals surface area contributed by atoms with Crippen LogP contribution >= 0.6 is 0 Å². The van der Waals surface area contributed by atoms with Gasteiger partial charge in [-0.15, -0.1) is 0 Å². The molecule has 0 aliphatic rings. The van der Waals surface area contributed by atoms with Gasteiger partial charge in [0.2, 0.25) is 0 Å². The molecule has 1 atom stereocenters. The Hall–Kier alpha value is -3.74. The molecule has 3 aromatic rings. The van der Waals surface area contributed by atoms with E-state index in [2.05, 4.69) is 5.32 Å². The quantitative estimate of drug-likeness (QED) is 0.571. The SMILES string of the molecule is C[C@@H](OC(=O)c1ccc(COc2ccccc2)cc1)C(=O)Nc1cc(F)ccc1F. The lowest BCUT2D eigenvalue weighted by molar-refractivity contribution is -0.123. The molecule has 3 rings (SSSR count). The Morgan fingerprint density at radius 1 is 0.967 bits per heavy atom. The number of ether oxygens (including phenoxy) is 2. The third-order valence-electron chi connectivity index (χ3n) is 4.18. The Kier molecular flexibility index (Phi) is 6.75. The molecule has 0 fully saturated rings. The van der Waals surface area contributed by atoms with E-state index in [1.165, 1.54) is 6.92 Å². The monoisotopic (exact) mass is 411 g/mol. The molecule has 154 valence electrons. The van der Waals surface area contributed by atoms with Gasteiger partial charge in [0.15, 0.2) is 6.10 Å². The molecule has 0 spiro atoms. The minimum atomic E-state index is -1.21. The number of nitrogens with one attached hydrogen (secondary N) is 1. The summed E-state index contributed by atoms with van der Waals surface area (Å²) in [5.74, 6) is -2.26. The zero-order chi connectivity index (χ0) is 21.5. The van der Waals surface area contributed by atoms with Gasteiger partial charge in [0.25, 0.3) is 5.91 Å². The molecular formula is C23H19F2NO4. The van der Waals surface area contributed by atoms with Crippen LogP contribution in [0.3, 0.4) is 0 Å². The number of hydrogen-bond acceptors (Lipinski definition) is 4. The number of esters is 1. The van der Waals surface area contributed by atoms with Crippen molar-refractivity contribution in [3.63, 3.8) is 0 Å². The molecule has 30 heavy (non-hydrogen) atoms. The second-order valence-electron chi connectivity index (χ2n) is 6.46. The number of para-hydroxylation sites is 1. The van der Waals surface area contributed by atoms with Crippen LogP contribution in [0.1, 0.15) is 22.8 Å². The van der Waals surface area contributed by atoms with Crippen molar-refractivity contribution in [1.82, 2.24) is 0 Å². The van der Waals surface area contributed by atoms with E-state index in [1.54, 1.807) is 24.3 Å². The average Bonchev–Trinajstić information content (AvgIpc) is 2.75. The highest BCUT2D eigenvalue weighted by Crippen LogP contribution is 2.17. The molecule has 7 heteroatoms. The Bertz CT molecular complexity index is 1020. The molecular weight excluding hydrogens is 392 g/mol. The fourth-order valence-corrected chi connectivity index (χ4v) is 2.53. The first-order chi connectivity index (χ1) is 14.4. The van der Waals surface area contributed by atoms with Gasteiger partial charge < -0.3 is 14.8 Å². The van der Waals surface area contributed by atoms with Crippen molar-refractivity contribution in [2.24, 2.45) is 0 Å². The maximum atomic E-state index is 13.6. The number of hydrogen-bond donors (Lipinski definition) is 1. The Morgan fingerprint density at radius 2 is 1.67 bits per heavy atom. The molecule has 5 nitrogen and oxygen atoms in total. The first kappa shape index (κ1) is 21.0. The zero-order valence-corrected chi connectivity index (χ0v) is 16.1. The number of carbonyl (C=O) groups is 2. The van der Waals surface area contributed by atoms with Gasteiger partial charge >= 0.3 is 5.97 Å². The normalized spacial score (nSPS) is 11.4. The van der Waals surface area contributed by atoms with Crippen LogP contribution in [-0.4, -0.2) is 18.0 Å². The predicted octanol–water partition coefficient (Wildman–Crippen LogP) is 4.73. The Balaban J connectivity index is 1.54. The summed E-state index contributed by atoms with van der Waals surface area (Å²) in [4.78, 5) is 24.4. The molecule has 0 radical (unpaired) electrons. The molecule has 0 heterocycles.